The highest BCUT2D eigenvalue weighted by Crippen LogP contribution is 1.70. The van der Waals surface area contributed by atoms with Crippen molar-refractivity contribution >= 4 is 17.7 Å². The van der Waals surface area contributed by atoms with Gasteiger partial charge in [0.05, 0.1) is 0 Å². The van der Waals surface area contributed by atoms with Crippen molar-refractivity contribution in [3.8, 4) is 0 Å². The summed E-state index contributed by atoms with van der Waals surface area (Å²) in [5.41, 5.74) is 4.47. The number of carbonyl (C=O) groups excluding carboxylic acids is 1. The topological polar surface area (TPSA) is 43.1 Å². The van der Waals surface area contributed by atoms with Crippen LogP contribution < -0.4 is 5.73 Å². The Morgan fingerprint density at radius 2 is 1.57 bits per heavy atom. The molecule has 2 nitrogen and oxygen atoms in total. The van der Waals surface area contributed by atoms with Gasteiger partial charge in [-0.1, -0.05) is 0 Å². The van der Waals surface area contributed by atoms with Crippen molar-refractivity contribution in [2.45, 2.75) is 6.92 Å². The smallest absolute Gasteiger partial charge is 0.214 e. The maximum absolute atomic E-state index is 9.22. The Hall–Kier alpha value is -0.180. The highest BCUT2D eigenvalue weighted by atomic mass is 32.2. The average Bonchev–Trinajstić information content (AvgIpc) is 1.33. The SMILES string of the molecule is CC(N)=O.CSC. The summed E-state index contributed by atoms with van der Waals surface area (Å²) in [7, 11) is 0. The van der Waals surface area contributed by atoms with Gasteiger partial charge in [0, 0.05) is 6.92 Å². The molecule has 1 amide bonds. The molecule has 0 bridgehead atoms. The summed E-state index contributed by atoms with van der Waals surface area (Å²) in [4.78, 5) is 9.22. The van der Waals surface area contributed by atoms with E-state index < -0.39 is 0 Å². The fourth-order valence-corrected chi connectivity index (χ4v) is 0. The van der Waals surface area contributed by atoms with Gasteiger partial charge in [0.25, 0.3) is 0 Å². The van der Waals surface area contributed by atoms with Gasteiger partial charge in [0.1, 0.15) is 0 Å². The van der Waals surface area contributed by atoms with Gasteiger partial charge >= 0.3 is 0 Å². The second-order valence-corrected chi connectivity index (χ2v) is 1.84. The minimum absolute atomic E-state index is 0.333. The van der Waals surface area contributed by atoms with Crippen LogP contribution in [0.2, 0.25) is 0 Å². The minimum atomic E-state index is -0.333. The van der Waals surface area contributed by atoms with Crippen LogP contribution in [-0.4, -0.2) is 18.4 Å². The monoisotopic (exact) mass is 121 g/mol. The Labute approximate surface area is 48.5 Å². The first kappa shape index (κ1) is 9.94. The second-order valence-electron chi connectivity index (χ2n) is 1.02. The van der Waals surface area contributed by atoms with Crippen molar-refractivity contribution in [1.82, 2.24) is 0 Å². The van der Waals surface area contributed by atoms with Crippen molar-refractivity contribution in [3.05, 3.63) is 0 Å². The maximum atomic E-state index is 9.22. The van der Waals surface area contributed by atoms with E-state index in [0.29, 0.717) is 0 Å². The fourth-order valence-electron chi connectivity index (χ4n) is 0. The molecule has 0 unspecified atom stereocenters. The van der Waals surface area contributed by atoms with Crippen molar-refractivity contribution in [3.63, 3.8) is 0 Å². The van der Waals surface area contributed by atoms with Gasteiger partial charge in [0.15, 0.2) is 0 Å². The Morgan fingerprint density at radius 1 is 1.57 bits per heavy atom. The lowest BCUT2D eigenvalue weighted by molar-refractivity contribution is -0.115. The molecule has 3 heteroatoms. The molecule has 2 N–H and O–H groups in total. The van der Waals surface area contributed by atoms with Crippen LogP contribution in [0.25, 0.3) is 0 Å². The number of hydrogen-bond donors (Lipinski definition) is 1. The first-order valence-corrected chi connectivity index (χ1v) is 3.44. The molecule has 0 fully saturated rings. The molecule has 0 aliphatic rings. The summed E-state index contributed by atoms with van der Waals surface area (Å²) in [5.74, 6) is -0.333. The molecule has 0 aliphatic carbocycles. The van der Waals surface area contributed by atoms with Crippen molar-refractivity contribution in [1.29, 1.82) is 0 Å². The van der Waals surface area contributed by atoms with Gasteiger partial charge in [-0.3, -0.25) is 4.79 Å². The molecule has 0 heterocycles. The molecular weight excluding hydrogens is 110 g/mol. The third kappa shape index (κ3) is 2620. The number of nitrogens with two attached hydrogens (primary N) is 1. The molecular formula is C4H11NOS. The van der Waals surface area contributed by atoms with Gasteiger partial charge in [-0.15, -0.1) is 0 Å². The van der Waals surface area contributed by atoms with Crippen molar-refractivity contribution < 1.29 is 4.79 Å². The summed E-state index contributed by atoms with van der Waals surface area (Å²) in [6.07, 6.45) is 4.08. The molecule has 0 rings (SSSR count). The molecule has 0 radical (unpaired) electrons. The third-order valence-corrected chi connectivity index (χ3v) is 0. The zero-order valence-corrected chi connectivity index (χ0v) is 5.71. The predicted octanol–water partition coefficient (Wildman–Crippen LogP) is 0.471. The first-order valence-electron chi connectivity index (χ1n) is 1.81. The first-order chi connectivity index (χ1) is 3.15. The van der Waals surface area contributed by atoms with E-state index >= 15 is 0 Å². The number of carbonyl (C=O) groups is 1. The number of rotatable bonds is 0. The lowest BCUT2D eigenvalue weighted by Gasteiger charge is -1.60. The van der Waals surface area contributed by atoms with E-state index in [2.05, 4.69) is 5.73 Å². The number of hydrogen-bond acceptors (Lipinski definition) is 2. The molecule has 0 aromatic heterocycles. The van der Waals surface area contributed by atoms with Gasteiger partial charge in [-0.2, -0.15) is 11.8 Å². The van der Waals surface area contributed by atoms with Crippen LogP contribution in [0.3, 0.4) is 0 Å². The minimum Gasteiger partial charge on any atom is -0.370 e. The lowest BCUT2D eigenvalue weighted by atomic mass is 10.8. The van der Waals surface area contributed by atoms with E-state index in [9.17, 15) is 4.79 Å². The van der Waals surface area contributed by atoms with Gasteiger partial charge in [-0.05, 0) is 12.5 Å². The summed E-state index contributed by atoms with van der Waals surface area (Å²) in [6, 6.07) is 0. The summed E-state index contributed by atoms with van der Waals surface area (Å²) < 4.78 is 0. The number of thioether (sulfide) groups is 1. The molecule has 44 valence electrons. The van der Waals surface area contributed by atoms with Crippen LogP contribution in [0.1, 0.15) is 6.92 Å². The summed E-state index contributed by atoms with van der Waals surface area (Å²) >= 11 is 1.75. The third-order valence-electron chi connectivity index (χ3n) is 0. The van der Waals surface area contributed by atoms with E-state index in [1.165, 1.54) is 6.92 Å². The maximum Gasteiger partial charge on any atom is 0.214 e. The Morgan fingerprint density at radius 3 is 1.57 bits per heavy atom. The standard InChI is InChI=1S/C2H5NO.C2H6S/c1-2(3)4;1-3-2/h1H3,(H2,3,4);1-2H3. The van der Waals surface area contributed by atoms with Crippen molar-refractivity contribution in [2.75, 3.05) is 12.5 Å². The summed E-state index contributed by atoms with van der Waals surface area (Å²) in [6.45, 7) is 1.31. The fraction of sp³-hybridized carbons (Fsp3) is 0.750. The average molecular weight is 121 g/mol. The van der Waals surface area contributed by atoms with Gasteiger partial charge < -0.3 is 5.73 Å². The molecule has 0 saturated heterocycles. The van der Waals surface area contributed by atoms with E-state index in [4.69, 9.17) is 0 Å². The van der Waals surface area contributed by atoms with Gasteiger partial charge in [0.2, 0.25) is 5.91 Å². The Kier molecular flexibility index (Phi) is 13.2. The predicted molar refractivity (Wildman–Crippen MR) is 34.3 cm³/mol. The van der Waals surface area contributed by atoms with Crippen LogP contribution in [0.4, 0.5) is 0 Å². The quantitative estimate of drug-likeness (QED) is 0.506. The van der Waals surface area contributed by atoms with Crippen LogP contribution in [0, 0.1) is 0 Å². The molecule has 7 heavy (non-hydrogen) atoms. The summed E-state index contributed by atoms with van der Waals surface area (Å²) in [5, 5.41) is 0. The number of primary amides is 1. The van der Waals surface area contributed by atoms with Crippen LogP contribution in [0.15, 0.2) is 0 Å². The molecule has 0 atom stereocenters. The molecule has 0 spiro atoms. The molecule has 0 aliphatic heterocycles. The number of amides is 1. The van der Waals surface area contributed by atoms with E-state index in [1.54, 1.807) is 11.8 Å². The van der Waals surface area contributed by atoms with E-state index in [0.717, 1.165) is 0 Å². The Balaban J connectivity index is 0. The van der Waals surface area contributed by atoms with Crippen LogP contribution in [0.5, 0.6) is 0 Å². The van der Waals surface area contributed by atoms with Gasteiger partial charge in [-0.25, -0.2) is 0 Å². The molecule has 0 aromatic rings. The van der Waals surface area contributed by atoms with Crippen molar-refractivity contribution in [2.24, 2.45) is 5.73 Å². The zero-order chi connectivity index (χ0) is 6.28. The highest BCUT2D eigenvalue weighted by Gasteiger charge is 1.61. The van der Waals surface area contributed by atoms with E-state index in [-0.39, 0.29) is 5.91 Å². The highest BCUT2D eigenvalue weighted by molar-refractivity contribution is 7.97. The normalized spacial score (nSPS) is 6.14. The molecule has 0 saturated carbocycles. The second kappa shape index (κ2) is 9.27. The molecule has 0 aromatic carbocycles. The van der Waals surface area contributed by atoms with Crippen LogP contribution in [-0.2, 0) is 4.79 Å². The lowest BCUT2D eigenvalue weighted by Crippen LogP contribution is -2.01. The zero-order valence-electron chi connectivity index (χ0n) is 4.89. The largest absolute Gasteiger partial charge is 0.370 e. The van der Waals surface area contributed by atoms with Crippen LogP contribution >= 0.6 is 11.8 Å². The van der Waals surface area contributed by atoms with E-state index in [1.807, 2.05) is 12.5 Å². The Bertz CT molecular complexity index is 43.0.